The van der Waals surface area contributed by atoms with Crippen LogP contribution in [0.5, 0.6) is 0 Å². The Labute approximate surface area is 145 Å². The minimum absolute atomic E-state index is 0.175. The van der Waals surface area contributed by atoms with Crippen LogP contribution in [0.4, 0.5) is 11.7 Å². The van der Waals surface area contributed by atoms with Gasteiger partial charge in [-0.1, -0.05) is 29.8 Å². The van der Waals surface area contributed by atoms with E-state index in [1.807, 2.05) is 43.3 Å². The Hall–Kier alpha value is -3.46. The SMILES string of the molecule is CC(=O)c1c(C)oc(Nc2ccc(-c3ccc(C)cc3)nn2)c1C#N. The van der Waals surface area contributed by atoms with Gasteiger partial charge >= 0.3 is 0 Å². The summed E-state index contributed by atoms with van der Waals surface area (Å²) in [5, 5.41) is 20.5. The summed E-state index contributed by atoms with van der Waals surface area (Å²) in [5.41, 5.74) is 3.35. The highest BCUT2D eigenvalue weighted by atomic mass is 16.4. The smallest absolute Gasteiger partial charge is 0.217 e. The number of carbonyl (C=O) groups excluding carboxylic acids is 1. The van der Waals surface area contributed by atoms with Gasteiger partial charge in [0.1, 0.15) is 17.4 Å². The van der Waals surface area contributed by atoms with Crippen molar-refractivity contribution in [2.24, 2.45) is 0 Å². The number of hydrogen-bond acceptors (Lipinski definition) is 6. The van der Waals surface area contributed by atoms with E-state index in [-0.39, 0.29) is 22.8 Å². The highest BCUT2D eigenvalue weighted by molar-refractivity contribution is 5.99. The molecule has 0 radical (unpaired) electrons. The van der Waals surface area contributed by atoms with E-state index in [0.717, 1.165) is 11.3 Å². The van der Waals surface area contributed by atoms with Crippen LogP contribution in [0.15, 0.2) is 40.8 Å². The molecule has 0 aliphatic carbocycles. The van der Waals surface area contributed by atoms with E-state index in [1.54, 1.807) is 13.0 Å². The number of nitriles is 1. The van der Waals surface area contributed by atoms with Crippen LogP contribution < -0.4 is 5.32 Å². The average Bonchev–Trinajstić information content (AvgIpc) is 2.91. The number of Topliss-reactive ketones (excluding diaryl/α,β-unsaturated/α-hetero) is 1. The van der Waals surface area contributed by atoms with Gasteiger partial charge in [0, 0.05) is 5.56 Å². The molecule has 2 aromatic heterocycles. The first-order valence-electron chi connectivity index (χ1n) is 7.72. The van der Waals surface area contributed by atoms with E-state index in [0.29, 0.717) is 11.6 Å². The number of aryl methyl sites for hydroxylation is 2. The van der Waals surface area contributed by atoms with Crippen molar-refractivity contribution in [1.82, 2.24) is 10.2 Å². The number of benzene rings is 1. The maximum Gasteiger partial charge on any atom is 0.217 e. The molecule has 0 spiro atoms. The lowest BCUT2D eigenvalue weighted by Gasteiger charge is -2.04. The quantitative estimate of drug-likeness (QED) is 0.721. The highest BCUT2D eigenvalue weighted by Crippen LogP contribution is 2.29. The Morgan fingerprint density at radius 2 is 1.84 bits per heavy atom. The van der Waals surface area contributed by atoms with Crippen molar-refractivity contribution >= 4 is 17.5 Å². The fourth-order valence-electron chi connectivity index (χ4n) is 2.56. The van der Waals surface area contributed by atoms with Crippen LogP contribution in [-0.2, 0) is 0 Å². The average molecular weight is 332 g/mol. The molecule has 3 aromatic rings. The summed E-state index contributed by atoms with van der Waals surface area (Å²) in [5.74, 6) is 0.807. The van der Waals surface area contributed by atoms with Crippen LogP contribution in [-0.4, -0.2) is 16.0 Å². The predicted octanol–water partition coefficient (Wildman–Crippen LogP) is 4.17. The predicted molar refractivity (Wildman–Crippen MR) is 93.7 cm³/mol. The summed E-state index contributed by atoms with van der Waals surface area (Å²) < 4.78 is 5.51. The Morgan fingerprint density at radius 1 is 1.12 bits per heavy atom. The maximum atomic E-state index is 11.7. The normalized spacial score (nSPS) is 10.3. The number of ketones is 1. The van der Waals surface area contributed by atoms with Gasteiger partial charge < -0.3 is 9.73 Å². The molecule has 124 valence electrons. The molecule has 0 amide bonds. The van der Waals surface area contributed by atoms with Gasteiger partial charge in [0.15, 0.2) is 11.6 Å². The second kappa shape index (κ2) is 6.57. The van der Waals surface area contributed by atoms with Crippen molar-refractivity contribution in [1.29, 1.82) is 5.26 Å². The second-order valence-corrected chi connectivity index (χ2v) is 5.70. The first-order chi connectivity index (χ1) is 12.0. The number of carbonyl (C=O) groups is 1. The first-order valence-corrected chi connectivity index (χ1v) is 7.72. The second-order valence-electron chi connectivity index (χ2n) is 5.70. The van der Waals surface area contributed by atoms with Crippen LogP contribution in [0.3, 0.4) is 0 Å². The molecule has 1 aromatic carbocycles. The number of rotatable bonds is 4. The minimum Gasteiger partial charge on any atom is -0.443 e. The molecule has 0 saturated carbocycles. The largest absolute Gasteiger partial charge is 0.443 e. The van der Waals surface area contributed by atoms with Gasteiger partial charge in [-0.25, -0.2) is 0 Å². The van der Waals surface area contributed by atoms with Crippen molar-refractivity contribution in [3.05, 3.63) is 58.8 Å². The van der Waals surface area contributed by atoms with Crippen molar-refractivity contribution in [3.63, 3.8) is 0 Å². The van der Waals surface area contributed by atoms with Crippen molar-refractivity contribution in [2.45, 2.75) is 20.8 Å². The number of nitrogens with one attached hydrogen (secondary N) is 1. The zero-order valence-corrected chi connectivity index (χ0v) is 14.1. The maximum absolute atomic E-state index is 11.7. The molecule has 0 fully saturated rings. The van der Waals surface area contributed by atoms with E-state index in [9.17, 15) is 10.1 Å². The molecule has 0 aliphatic rings. The lowest BCUT2D eigenvalue weighted by Crippen LogP contribution is -1.99. The van der Waals surface area contributed by atoms with Gasteiger partial charge in [-0.3, -0.25) is 4.79 Å². The van der Waals surface area contributed by atoms with Crippen LogP contribution in [0.2, 0.25) is 0 Å². The molecule has 3 rings (SSSR count). The molecule has 0 aliphatic heterocycles. The van der Waals surface area contributed by atoms with Gasteiger partial charge in [0.25, 0.3) is 0 Å². The lowest BCUT2D eigenvalue weighted by molar-refractivity contribution is 0.101. The Kier molecular flexibility index (Phi) is 4.31. The number of anilines is 2. The summed E-state index contributed by atoms with van der Waals surface area (Å²) in [6.45, 7) is 5.07. The molecule has 0 saturated heterocycles. The molecule has 6 heteroatoms. The fourth-order valence-corrected chi connectivity index (χ4v) is 2.56. The van der Waals surface area contributed by atoms with Crippen LogP contribution in [0.25, 0.3) is 11.3 Å². The molecule has 0 bridgehead atoms. The molecule has 1 N–H and O–H groups in total. The zero-order chi connectivity index (χ0) is 18.0. The minimum atomic E-state index is -0.216. The number of hydrogen-bond donors (Lipinski definition) is 1. The van der Waals surface area contributed by atoms with E-state index < -0.39 is 0 Å². The van der Waals surface area contributed by atoms with E-state index >= 15 is 0 Å². The van der Waals surface area contributed by atoms with Crippen molar-refractivity contribution in [2.75, 3.05) is 5.32 Å². The Morgan fingerprint density at radius 3 is 2.40 bits per heavy atom. The molecule has 0 atom stereocenters. The van der Waals surface area contributed by atoms with Crippen LogP contribution in [0, 0.1) is 25.2 Å². The summed E-state index contributed by atoms with van der Waals surface area (Å²) in [7, 11) is 0. The van der Waals surface area contributed by atoms with E-state index in [4.69, 9.17) is 4.42 Å². The number of aromatic nitrogens is 2. The molecule has 0 unspecified atom stereocenters. The van der Waals surface area contributed by atoms with Crippen LogP contribution >= 0.6 is 0 Å². The Bertz CT molecular complexity index is 964. The number of furan rings is 1. The third kappa shape index (κ3) is 3.26. The molecular weight excluding hydrogens is 316 g/mol. The van der Waals surface area contributed by atoms with Crippen molar-refractivity contribution in [3.8, 4) is 17.3 Å². The first kappa shape index (κ1) is 16.4. The number of nitrogens with zero attached hydrogens (tertiary/aromatic N) is 3. The molecular formula is C19H16N4O2. The third-order valence-electron chi connectivity index (χ3n) is 3.80. The van der Waals surface area contributed by atoms with Gasteiger partial charge in [0.05, 0.1) is 11.3 Å². The van der Waals surface area contributed by atoms with Crippen molar-refractivity contribution < 1.29 is 9.21 Å². The highest BCUT2D eigenvalue weighted by Gasteiger charge is 2.21. The lowest BCUT2D eigenvalue weighted by atomic mass is 10.1. The van der Waals surface area contributed by atoms with Gasteiger partial charge in [0.2, 0.25) is 5.88 Å². The summed E-state index contributed by atoms with van der Waals surface area (Å²) in [4.78, 5) is 11.7. The molecule has 6 nitrogen and oxygen atoms in total. The van der Waals surface area contributed by atoms with Gasteiger partial charge in [-0.05, 0) is 32.9 Å². The van der Waals surface area contributed by atoms with Gasteiger partial charge in [-0.2, -0.15) is 5.26 Å². The zero-order valence-electron chi connectivity index (χ0n) is 14.1. The molecule has 25 heavy (non-hydrogen) atoms. The van der Waals surface area contributed by atoms with Crippen LogP contribution in [0.1, 0.15) is 34.2 Å². The third-order valence-corrected chi connectivity index (χ3v) is 3.80. The fraction of sp³-hybridized carbons (Fsp3) is 0.158. The molecule has 2 heterocycles. The summed E-state index contributed by atoms with van der Waals surface area (Å²) in [6.07, 6.45) is 0. The van der Waals surface area contributed by atoms with E-state index in [1.165, 1.54) is 12.5 Å². The topological polar surface area (TPSA) is 91.8 Å². The summed E-state index contributed by atoms with van der Waals surface area (Å²) >= 11 is 0. The van der Waals surface area contributed by atoms with Gasteiger partial charge in [-0.15, -0.1) is 10.2 Å². The van der Waals surface area contributed by atoms with E-state index in [2.05, 4.69) is 15.5 Å². The monoisotopic (exact) mass is 332 g/mol. The standard InChI is InChI=1S/C19H16N4O2/c1-11-4-6-14(7-5-11)16-8-9-17(23-22-16)21-19-15(10-20)18(12(2)24)13(3)25-19/h4-9H,1-3H3,(H,21,23). The Balaban J connectivity index is 1.87. The summed E-state index contributed by atoms with van der Waals surface area (Å²) in [6, 6.07) is 13.6.